The second-order valence-corrected chi connectivity index (χ2v) is 7.80. The van der Waals surface area contributed by atoms with Crippen molar-refractivity contribution in [2.24, 2.45) is 0 Å². The van der Waals surface area contributed by atoms with Crippen LogP contribution in [0.5, 0.6) is 0 Å². The molecule has 0 unspecified atom stereocenters. The standard InChI is InChI=1S/C23H29F3N2O/c1-2-3-4-5-6-7-10-17-13-14-20(19-12-9-8-11-18(17)19)22(23(24,25)26)28-16-15-21(29)27-28/h8-9,11-14,22H,2-7,10,15-16H2,1H3,(H,27,29)/t22-/m0/s1. The Morgan fingerprint density at radius 1 is 1.00 bits per heavy atom. The highest BCUT2D eigenvalue weighted by molar-refractivity contribution is 5.89. The van der Waals surface area contributed by atoms with Crippen molar-refractivity contribution in [1.29, 1.82) is 0 Å². The highest BCUT2D eigenvalue weighted by Gasteiger charge is 2.47. The van der Waals surface area contributed by atoms with Gasteiger partial charge in [0.15, 0.2) is 6.04 Å². The Morgan fingerprint density at radius 2 is 1.69 bits per heavy atom. The number of halogens is 3. The summed E-state index contributed by atoms with van der Waals surface area (Å²) in [5.41, 5.74) is 3.66. The summed E-state index contributed by atoms with van der Waals surface area (Å²) >= 11 is 0. The molecule has 2 aromatic rings. The number of fused-ring (bicyclic) bond motifs is 1. The summed E-state index contributed by atoms with van der Waals surface area (Å²) in [5.74, 6) is -0.372. The Hall–Kier alpha value is -2.08. The molecule has 2 aromatic carbocycles. The summed E-state index contributed by atoms with van der Waals surface area (Å²) in [6, 6.07) is 8.89. The zero-order chi connectivity index (χ0) is 20.9. The van der Waals surface area contributed by atoms with Crippen LogP contribution in [0.15, 0.2) is 36.4 Å². The summed E-state index contributed by atoms with van der Waals surface area (Å²) in [6.45, 7) is 2.24. The number of aryl methyl sites for hydroxylation is 1. The minimum absolute atomic E-state index is 0.0524. The molecule has 0 radical (unpaired) electrons. The Morgan fingerprint density at radius 3 is 2.34 bits per heavy atom. The normalized spacial score (nSPS) is 16.3. The highest BCUT2D eigenvalue weighted by atomic mass is 19.4. The summed E-state index contributed by atoms with van der Waals surface area (Å²) in [6.07, 6.45) is 3.55. The van der Waals surface area contributed by atoms with Crippen LogP contribution in [0.25, 0.3) is 10.8 Å². The van der Waals surface area contributed by atoms with E-state index in [1.165, 1.54) is 25.7 Å². The van der Waals surface area contributed by atoms with Crippen molar-refractivity contribution in [2.45, 2.75) is 70.5 Å². The number of carbonyl (C=O) groups is 1. The Labute approximate surface area is 170 Å². The van der Waals surface area contributed by atoms with Crippen molar-refractivity contribution in [3.63, 3.8) is 0 Å². The lowest BCUT2D eigenvalue weighted by molar-refractivity contribution is -0.190. The van der Waals surface area contributed by atoms with E-state index in [0.29, 0.717) is 5.39 Å². The van der Waals surface area contributed by atoms with E-state index in [-0.39, 0.29) is 24.4 Å². The first-order valence-electron chi connectivity index (χ1n) is 10.5. The maximum atomic E-state index is 14.0. The molecule has 6 heteroatoms. The molecular weight excluding hydrogens is 377 g/mol. The molecule has 0 spiro atoms. The molecule has 1 saturated heterocycles. The molecule has 29 heavy (non-hydrogen) atoms. The summed E-state index contributed by atoms with van der Waals surface area (Å²) in [7, 11) is 0. The number of rotatable bonds is 9. The first-order valence-corrected chi connectivity index (χ1v) is 10.5. The second-order valence-electron chi connectivity index (χ2n) is 7.80. The molecule has 1 fully saturated rings. The molecule has 1 heterocycles. The van der Waals surface area contributed by atoms with Crippen LogP contribution in [0.4, 0.5) is 13.2 Å². The zero-order valence-electron chi connectivity index (χ0n) is 16.9. The number of alkyl halides is 3. The maximum absolute atomic E-state index is 14.0. The number of benzene rings is 2. The fourth-order valence-electron chi connectivity index (χ4n) is 4.15. The van der Waals surface area contributed by atoms with Gasteiger partial charge in [-0.15, -0.1) is 0 Å². The van der Waals surface area contributed by atoms with Crippen LogP contribution in [-0.4, -0.2) is 23.6 Å². The smallest absolute Gasteiger partial charge is 0.288 e. The molecule has 0 bridgehead atoms. The molecule has 0 aromatic heterocycles. The molecule has 1 N–H and O–H groups in total. The molecule has 0 saturated carbocycles. The van der Waals surface area contributed by atoms with Gasteiger partial charge in [0, 0.05) is 13.0 Å². The van der Waals surface area contributed by atoms with Gasteiger partial charge in [0.25, 0.3) is 0 Å². The van der Waals surface area contributed by atoms with Crippen LogP contribution in [-0.2, 0) is 11.2 Å². The van der Waals surface area contributed by atoms with Crippen LogP contribution in [0.2, 0.25) is 0 Å². The van der Waals surface area contributed by atoms with E-state index in [0.717, 1.165) is 35.2 Å². The van der Waals surface area contributed by atoms with E-state index in [9.17, 15) is 18.0 Å². The first-order chi connectivity index (χ1) is 13.9. The molecule has 1 aliphatic rings. The van der Waals surface area contributed by atoms with Crippen molar-refractivity contribution in [3.8, 4) is 0 Å². The van der Waals surface area contributed by atoms with Gasteiger partial charge in [-0.1, -0.05) is 75.4 Å². The first kappa shape index (κ1) is 21.6. The van der Waals surface area contributed by atoms with Crippen molar-refractivity contribution >= 4 is 16.7 Å². The second kappa shape index (κ2) is 9.61. The Kier molecular flexibility index (Phi) is 7.17. The number of amides is 1. The molecule has 1 amide bonds. The lowest BCUT2D eigenvalue weighted by Crippen LogP contribution is -2.43. The lowest BCUT2D eigenvalue weighted by atomic mass is 9.92. The van der Waals surface area contributed by atoms with Crippen LogP contribution in [0, 0.1) is 0 Å². The summed E-state index contributed by atoms with van der Waals surface area (Å²) in [5, 5.41) is 2.51. The van der Waals surface area contributed by atoms with Gasteiger partial charge in [0.2, 0.25) is 5.91 Å². The molecule has 1 aliphatic heterocycles. The van der Waals surface area contributed by atoms with E-state index < -0.39 is 12.2 Å². The average Bonchev–Trinajstić information content (AvgIpc) is 3.10. The molecule has 3 nitrogen and oxygen atoms in total. The number of hydrogen-bond acceptors (Lipinski definition) is 2. The maximum Gasteiger partial charge on any atom is 0.409 e. The lowest BCUT2D eigenvalue weighted by Gasteiger charge is -2.30. The Balaban J connectivity index is 1.86. The summed E-state index contributed by atoms with van der Waals surface area (Å²) in [4.78, 5) is 11.5. The zero-order valence-corrected chi connectivity index (χ0v) is 16.9. The van der Waals surface area contributed by atoms with Gasteiger partial charge >= 0.3 is 6.18 Å². The van der Waals surface area contributed by atoms with Crippen molar-refractivity contribution in [1.82, 2.24) is 10.4 Å². The van der Waals surface area contributed by atoms with E-state index in [1.807, 2.05) is 18.2 Å². The van der Waals surface area contributed by atoms with E-state index in [4.69, 9.17) is 0 Å². The van der Waals surface area contributed by atoms with Gasteiger partial charge in [-0.25, -0.2) is 5.01 Å². The van der Waals surface area contributed by atoms with Gasteiger partial charge in [0.05, 0.1) is 0 Å². The third-order valence-corrected chi connectivity index (χ3v) is 5.61. The van der Waals surface area contributed by atoms with E-state index in [2.05, 4.69) is 12.3 Å². The Bertz CT molecular complexity index is 834. The molecule has 3 rings (SSSR count). The van der Waals surface area contributed by atoms with Crippen molar-refractivity contribution < 1.29 is 18.0 Å². The number of nitrogens with one attached hydrogen (secondary N) is 1. The number of hydrogen-bond donors (Lipinski definition) is 1. The van der Waals surface area contributed by atoms with Gasteiger partial charge in [-0.3, -0.25) is 10.2 Å². The molecule has 1 atom stereocenters. The number of hydrazine groups is 1. The fraction of sp³-hybridized carbons (Fsp3) is 0.522. The van der Waals surface area contributed by atoms with E-state index in [1.54, 1.807) is 18.2 Å². The quantitative estimate of drug-likeness (QED) is 0.512. The van der Waals surface area contributed by atoms with Crippen LogP contribution in [0.3, 0.4) is 0 Å². The number of unbranched alkanes of at least 4 members (excludes halogenated alkanes) is 5. The predicted molar refractivity (Wildman–Crippen MR) is 109 cm³/mol. The number of nitrogens with zero attached hydrogens (tertiary/aromatic N) is 1. The average molecular weight is 406 g/mol. The monoisotopic (exact) mass is 406 g/mol. The third kappa shape index (κ3) is 5.30. The van der Waals surface area contributed by atoms with Crippen molar-refractivity contribution in [3.05, 3.63) is 47.5 Å². The van der Waals surface area contributed by atoms with Gasteiger partial charge < -0.3 is 0 Å². The third-order valence-electron chi connectivity index (χ3n) is 5.61. The van der Waals surface area contributed by atoms with Crippen LogP contribution < -0.4 is 5.43 Å². The number of carbonyl (C=O) groups excluding carboxylic acids is 1. The van der Waals surface area contributed by atoms with Gasteiger partial charge in [0.1, 0.15) is 0 Å². The topological polar surface area (TPSA) is 32.3 Å². The minimum atomic E-state index is -4.48. The molecular formula is C23H29F3N2O. The molecule has 0 aliphatic carbocycles. The fourth-order valence-corrected chi connectivity index (χ4v) is 4.15. The summed E-state index contributed by atoms with van der Waals surface area (Å²) < 4.78 is 41.9. The molecule has 158 valence electrons. The predicted octanol–water partition coefficient (Wildman–Crippen LogP) is 6.08. The minimum Gasteiger partial charge on any atom is -0.288 e. The SMILES string of the molecule is CCCCCCCCc1ccc([C@H](N2CCC(=O)N2)C(F)(F)F)c2ccccc12. The van der Waals surface area contributed by atoms with E-state index >= 15 is 0 Å². The largest absolute Gasteiger partial charge is 0.409 e. The van der Waals surface area contributed by atoms with Gasteiger partial charge in [-0.2, -0.15) is 13.2 Å². The van der Waals surface area contributed by atoms with Crippen molar-refractivity contribution in [2.75, 3.05) is 6.54 Å². The highest BCUT2D eigenvalue weighted by Crippen LogP contribution is 2.41. The van der Waals surface area contributed by atoms with Crippen LogP contribution in [0.1, 0.15) is 69.0 Å². The van der Waals surface area contributed by atoms with Crippen LogP contribution >= 0.6 is 0 Å². The van der Waals surface area contributed by atoms with Gasteiger partial charge in [-0.05, 0) is 34.7 Å².